The number of hydrogen-bond acceptors (Lipinski definition) is 3. The monoisotopic (exact) mass is 424 g/mol. The van der Waals surface area contributed by atoms with Gasteiger partial charge in [-0.05, 0) is 38.6 Å². The number of nitrogens with zero attached hydrogens (tertiary/aromatic N) is 1. The van der Waals surface area contributed by atoms with E-state index in [1.807, 2.05) is 26.8 Å². The van der Waals surface area contributed by atoms with Crippen LogP contribution in [-0.4, -0.2) is 37.5 Å². The summed E-state index contributed by atoms with van der Waals surface area (Å²) in [7, 11) is 1.70. The highest BCUT2D eigenvalue weighted by Gasteiger charge is 2.13. The van der Waals surface area contributed by atoms with Crippen molar-refractivity contribution in [3.63, 3.8) is 0 Å². The number of hydrogen-bond donors (Lipinski definition) is 3. The van der Waals surface area contributed by atoms with Crippen LogP contribution in [0.4, 0.5) is 0 Å². The summed E-state index contributed by atoms with van der Waals surface area (Å²) in [6.45, 7) is 6.88. The van der Waals surface area contributed by atoms with Crippen molar-refractivity contribution in [2.24, 2.45) is 4.99 Å². The average Bonchev–Trinajstić information content (AvgIpc) is 2.84. The maximum absolute atomic E-state index is 11.7. The number of thiophene rings is 1. The molecule has 0 aliphatic carbocycles. The molecule has 1 heterocycles. The molecule has 1 rings (SSSR count). The van der Waals surface area contributed by atoms with E-state index in [4.69, 9.17) is 0 Å². The smallest absolute Gasteiger partial charge is 0.239 e. The molecule has 0 bridgehead atoms. The Morgan fingerprint density at radius 2 is 2.05 bits per heavy atom. The van der Waals surface area contributed by atoms with Crippen molar-refractivity contribution in [1.82, 2.24) is 16.0 Å². The fourth-order valence-electron chi connectivity index (χ4n) is 1.61. The van der Waals surface area contributed by atoms with E-state index < -0.39 is 0 Å². The van der Waals surface area contributed by atoms with Gasteiger partial charge in [0.05, 0.1) is 6.54 Å². The molecule has 0 fully saturated rings. The van der Waals surface area contributed by atoms with Crippen molar-refractivity contribution in [2.45, 2.75) is 32.7 Å². The lowest BCUT2D eigenvalue weighted by atomic mass is 10.1. The summed E-state index contributed by atoms with van der Waals surface area (Å²) in [5.41, 5.74) is -0.213. The standard InChI is InChI=1S/C14H24N4OS.HI/c1-14(2,3)18-12(19)10-17-13(15-4)16-8-7-11-6-5-9-20-11;/h5-6,9H,7-8,10H2,1-4H3,(H,18,19)(H2,15,16,17);1H. The van der Waals surface area contributed by atoms with Gasteiger partial charge in [-0.25, -0.2) is 0 Å². The number of aliphatic imine (C=N–C) groups is 1. The second-order valence-electron chi connectivity index (χ2n) is 5.48. The highest BCUT2D eigenvalue weighted by Crippen LogP contribution is 2.07. The maximum Gasteiger partial charge on any atom is 0.239 e. The number of rotatable bonds is 5. The van der Waals surface area contributed by atoms with E-state index in [1.54, 1.807) is 18.4 Å². The van der Waals surface area contributed by atoms with Gasteiger partial charge in [-0.15, -0.1) is 35.3 Å². The molecular formula is C14H25IN4OS. The van der Waals surface area contributed by atoms with Crippen LogP contribution in [0.5, 0.6) is 0 Å². The van der Waals surface area contributed by atoms with Crippen LogP contribution in [0, 0.1) is 0 Å². The molecule has 0 atom stereocenters. The van der Waals surface area contributed by atoms with Crippen LogP contribution in [-0.2, 0) is 11.2 Å². The highest BCUT2D eigenvalue weighted by atomic mass is 127. The zero-order valence-electron chi connectivity index (χ0n) is 13.0. The van der Waals surface area contributed by atoms with Gasteiger partial charge in [-0.1, -0.05) is 6.07 Å². The number of carbonyl (C=O) groups is 1. The summed E-state index contributed by atoms with van der Waals surface area (Å²) in [6, 6.07) is 4.16. The van der Waals surface area contributed by atoms with Crippen LogP contribution in [0.1, 0.15) is 25.6 Å². The summed E-state index contributed by atoms with van der Waals surface area (Å²) < 4.78 is 0. The topological polar surface area (TPSA) is 65.5 Å². The first-order valence-corrected chi connectivity index (χ1v) is 7.56. The molecule has 1 aromatic heterocycles. The second kappa shape index (κ2) is 9.99. The van der Waals surface area contributed by atoms with E-state index in [0.717, 1.165) is 13.0 Å². The summed E-state index contributed by atoms with van der Waals surface area (Å²) in [5, 5.41) is 11.2. The third-order valence-corrected chi connectivity index (χ3v) is 3.33. The molecule has 5 nitrogen and oxygen atoms in total. The van der Waals surface area contributed by atoms with Crippen LogP contribution in [0.15, 0.2) is 22.5 Å². The van der Waals surface area contributed by atoms with Gasteiger partial charge in [0.1, 0.15) is 0 Å². The fourth-order valence-corrected chi connectivity index (χ4v) is 2.31. The van der Waals surface area contributed by atoms with E-state index in [9.17, 15) is 4.79 Å². The van der Waals surface area contributed by atoms with Gasteiger partial charge in [0, 0.05) is 24.0 Å². The van der Waals surface area contributed by atoms with Crippen LogP contribution in [0.2, 0.25) is 0 Å². The summed E-state index contributed by atoms with van der Waals surface area (Å²) in [4.78, 5) is 17.1. The normalized spacial score (nSPS) is 11.5. The quantitative estimate of drug-likeness (QED) is 0.385. The van der Waals surface area contributed by atoms with Gasteiger partial charge in [0.15, 0.2) is 5.96 Å². The van der Waals surface area contributed by atoms with E-state index in [0.29, 0.717) is 5.96 Å². The number of halogens is 1. The van der Waals surface area contributed by atoms with Crippen LogP contribution in [0.3, 0.4) is 0 Å². The zero-order valence-corrected chi connectivity index (χ0v) is 16.2. The molecule has 0 aliphatic rings. The van der Waals surface area contributed by atoms with E-state index in [2.05, 4.69) is 32.4 Å². The minimum absolute atomic E-state index is 0. The Morgan fingerprint density at radius 1 is 1.33 bits per heavy atom. The molecule has 0 spiro atoms. The molecule has 0 unspecified atom stereocenters. The fraction of sp³-hybridized carbons (Fsp3) is 0.571. The Morgan fingerprint density at radius 3 is 2.57 bits per heavy atom. The van der Waals surface area contributed by atoms with Gasteiger partial charge in [-0.2, -0.15) is 0 Å². The van der Waals surface area contributed by atoms with Crippen molar-refractivity contribution in [3.8, 4) is 0 Å². The van der Waals surface area contributed by atoms with Gasteiger partial charge in [0.25, 0.3) is 0 Å². The van der Waals surface area contributed by atoms with Gasteiger partial charge in [-0.3, -0.25) is 9.79 Å². The SMILES string of the molecule is CN=C(NCCc1cccs1)NCC(=O)NC(C)(C)C.I. The Hall–Kier alpha value is -0.830. The Labute approximate surface area is 148 Å². The minimum Gasteiger partial charge on any atom is -0.356 e. The number of nitrogens with one attached hydrogen (secondary N) is 3. The van der Waals surface area contributed by atoms with Crippen LogP contribution >= 0.6 is 35.3 Å². The minimum atomic E-state index is -0.213. The lowest BCUT2D eigenvalue weighted by Crippen LogP contribution is -2.48. The predicted molar refractivity (Wildman–Crippen MR) is 101 cm³/mol. The van der Waals surface area contributed by atoms with Crippen LogP contribution < -0.4 is 16.0 Å². The third-order valence-electron chi connectivity index (χ3n) is 2.40. The number of guanidine groups is 1. The third kappa shape index (κ3) is 9.67. The molecule has 0 saturated heterocycles. The molecule has 1 amide bonds. The highest BCUT2D eigenvalue weighted by molar-refractivity contribution is 14.0. The van der Waals surface area contributed by atoms with Gasteiger partial charge in [0.2, 0.25) is 5.91 Å². The first kappa shape index (κ1) is 20.2. The van der Waals surface area contributed by atoms with E-state index in [1.165, 1.54) is 4.88 Å². The lowest BCUT2D eigenvalue weighted by Gasteiger charge is -2.21. The van der Waals surface area contributed by atoms with Gasteiger partial charge >= 0.3 is 0 Å². The Bertz CT molecular complexity index is 440. The summed E-state index contributed by atoms with van der Waals surface area (Å²) in [5.74, 6) is 0.601. The zero-order chi connectivity index (χ0) is 15.0. The first-order valence-electron chi connectivity index (χ1n) is 6.68. The van der Waals surface area contributed by atoms with Crippen molar-refractivity contribution >= 4 is 47.2 Å². The molecule has 21 heavy (non-hydrogen) atoms. The van der Waals surface area contributed by atoms with E-state index >= 15 is 0 Å². The van der Waals surface area contributed by atoms with Gasteiger partial charge < -0.3 is 16.0 Å². The molecule has 0 aromatic carbocycles. The average molecular weight is 424 g/mol. The van der Waals surface area contributed by atoms with Crippen molar-refractivity contribution in [2.75, 3.05) is 20.1 Å². The number of carbonyl (C=O) groups excluding carboxylic acids is 1. The first-order chi connectivity index (χ1) is 9.40. The largest absolute Gasteiger partial charge is 0.356 e. The molecule has 3 N–H and O–H groups in total. The van der Waals surface area contributed by atoms with Crippen molar-refractivity contribution in [1.29, 1.82) is 0 Å². The molecule has 0 aliphatic heterocycles. The molecular weight excluding hydrogens is 399 g/mol. The van der Waals surface area contributed by atoms with Crippen molar-refractivity contribution < 1.29 is 4.79 Å². The lowest BCUT2D eigenvalue weighted by molar-refractivity contribution is -0.121. The van der Waals surface area contributed by atoms with Crippen LogP contribution in [0.25, 0.3) is 0 Å². The molecule has 1 aromatic rings. The van der Waals surface area contributed by atoms with E-state index in [-0.39, 0.29) is 42.0 Å². The second-order valence-corrected chi connectivity index (χ2v) is 6.51. The number of amides is 1. The predicted octanol–water partition coefficient (Wildman–Crippen LogP) is 1.99. The summed E-state index contributed by atoms with van der Waals surface area (Å²) in [6.07, 6.45) is 0.951. The Balaban J connectivity index is 0.00000400. The molecule has 120 valence electrons. The maximum atomic E-state index is 11.7. The summed E-state index contributed by atoms with van der Waals surface area (Å²) >= 11 is 1.74. The molecule has 0 radical (unpaired) electrons. The molecule has 0 saturated carbocycles. The molecule has 7 heteroatoms. The van der Waals surface area contributed by atoms with Crippen molar-refractivity contribution in [3.05, 3.63) is 22.4 Å². The Kier molecular flexibility index (Phi) is 9.60.